The van der Waals surface area contributed by atoms with E-state index in [1.54, 1.807) is 6.07 Å². The lowest BCUT2D eigenvalue weighted by Gasteiger charge is -2.07. The zero-order valence-electron chi connectivity index (χ0n) is 7.37. The summed E-state index contributed by atoms with van der Waals surface area (Å²) < 4.78 is 5.58. The SMILES string of the molecule is COc1ccc(C#N)c(C(N)=O)c1I. The van der Waals surface area contributed by atoms with Crippen molar-refractivity contribution in [2.24, 2.45) is 5.73 Å². The third-order valence-corrected chi connectivity index (χ3v) is 2.76. The Bertz CT molecular complexity index is 424. The molecular weight excluding hydrogens is 295 g/mol. The fraction of sp³-hybridized carbons (Fsp3) is 0.111. The van der Waals surface area contributed by atoms with E-state index in [1.807, 2.05) is 28.7 Å². The number of carbonyl (C=O) groups excluding carboxylic acids is 1. The summed E-state index contributed by atoms with van der Waals surface area (Å²) in [4.78, 5) is 11.1. The molecule has 1 rings (SSSR count). The number of nitriles is 1. The van der Waals surface area contributed by atoms with Gasteiger partial charge in [0.05, 0.1) is 27.9 Å². The van der Waals surface area contributed by atoms with E-state index in [4.69, 9.17) is 15.7 Å². The third kappa shape index (κ3) is 1.80. The Balaban J connectivity index is 3.49. The van der Waals surface area contributed by atoms with Crippen LogP contribution in [0.25, 0.3) is 0 Å². The lowest BCUT2D eigenvalue weighted by Crippen LogP contribution is -2.15. The van der Waals surface area contributed by atoms with Gasteiger partial charge in [0, 0.05) is 0 Å². The average molecular weight is 302 g/mol. The summed E-state index contributed by atoms with van der Waals surface area (Å²) in [6.45, 7) is 0. The van der Waals surface area contributed by atoms with Crippen LogP contribution in [-0.4, -0.2) is 13.0 Å². The summed E-state index contributed by atoms with van der Waals surface area (Å²) in [7, 11) is 1.49. The van der Waals surface area contributed by atoms with Crippen molar-refractivity contribution in [3.05, 3.63) is 26.8 Å². The average Bonchev–Trinajstić information content (AvgIpc) is 2.16. The van der Waals surface area contributed by atoms with Crippen LogP contribution in [0, 0.1) is 14.9 Å². The number of primary amides is 1. The number of amides is 1. The van der Waals surface area contributed by atoms with Crippen LogP contribution in [0.1, 0.15) is 15.9 Å². The molecule has 0 unspecified atom stereocenters. The number of rotatable bonds is 2. The molecule has 1 aromatic carbocycles. The first-order valence-corrected chi connectivity index (χ1v) is 4.76. The van der Waals surface area contributed by atoms with E-state index in [1.165, 1.54) is 13.2 Å². The van der Waals surface area contributed by atoms with Gasteiger partial charge in [0.25, 0.3) is 5.91 Å². The molecule has 0 aliphatic heterocycles. The van der Waals surface area contributed by atoms with Crippen molar-refractivity contribution < 1.29 is 9.53 Å². The van der Waals surface area contributed by atoms with E-state index in [9.17, 15) is 4.79 Å². The number of nitrogens with two attached hydrogens (primary N) is 1. The second kappa shape index (κ2) is 4.28. The Kier molecular flexibility index (Phi) is 3.30. The van der Waals surface area contributed by atoms with E-state index in [0.717, 1.165) is 0 Å². The summed E-state index contributed by atoms with van der Waals surface area (Å²) in [6, 6.07) is 5.05. The maximum atomic E-state index is 11.1. The molecule has 1 aromatic rings. The molecule has 0 aliphatic rings. The van der Waals surface area contributed by atoms with Crippen molar-refractivity contribution in [1.82, 2.24) is 0 Å². The molecule has 4 nitrogen and oxygen atoms in total. The van der Waals surface area contributed by atoms with Gasteiger partial charge in [-0.05, 0) is 34.7 Å². The standard InChI is InChI=1S/C9H7IN2O2/c1-14-6-3-2-5(4-11)7(8(6)10)9(12)13/h2-3H,1H3,(H2,12,13). The first-order chi connectivity index (χ1) is 6.61. The number of benzene rings is 1. The molecule has 72 valence electrons. The largest absolute Gasteiger partial charge is 0.496 e. The topological polar surface area (TPSA) is 76.1 Å². The second-order valence-electron chi connectivity index (χ2n) is 2.48. The molecule has 2 N–H and O–H groups in total. The predicted octanol–water partition coefficient (Wildman–Crippen LogP) is 1.27. The van der Waals surface area contributed by atoms with Gasteiger partial charge in [0.15, 0.2) is 0 Å². The van der Waals surface area contributed by atoms with Gasteiger partial charge >= 0.3 is 0 Å². The highest BCUT2D eigenvalue weighted by Gasteiger charge is 2.15. The number of nitrogens with zero attached hydrogens (tertiary/aromatic N) is 1. The molecule has 14 heavy (non-hydrogen) atoms. The Morgan fingerprint density at radius 2 is 2.29 bits per heavy atom. The van der Waals surface area contributed by atoms with Crippen LogP contribution in [0.2, 0.25) is 0 Å². The third-order valence-electron chi connectivity index (χ3n) is 1.69. The van der Waals surface area contributed by atoms with E-state index < -0.39 is 5.91 Å². The first kappa shape index (κ1) is 10.8. The van der Waals surface area contributed by atoms with E-state index in [2.05, 4.69) is 0 Å². The summed E-state index contributed by atoms with van der Waals surface area (Å²) in [5, 5.41) is 8.75. The summed E-state index contributed by atoms with van der Waals surface area (Å²) in [5.74, 6) is -0.0803. The Hall–Kier alpha value is -1.29. The minimum absolute atomic E-state index is 0.215. The number of hydrogen-bond acceptors (Lipinski definition) is 3. The number of ether oxygens (including phenoxy) is 1. The molecule has 1 amide bonds. The second-order valence-corrected chi connectivity index (χ2v) is 3.56. The molecule has 0 bridgehead atoms. The summed E-state index contributed by atoms with van der Waals surface area (Å²) in [6.07, 6.45) is 0. The molecule has 5 heteroatoms. The minimum atomic E-state index is -0.621. The molecule has 0 radical (unpaired) electrons. The molecule has 0 saturated carbocycles. The molecule has 0 saturated heterocycles. The zero-order valence-corrected chi connectivity index (χ0v) is 9.53. The number of methoxy groups -OCH3 is 1. The van der Waals surface area contributed by atoms with Crippen molar-refractivity contribution in [3.8, 4) is 11.8 Å². The number of carbonyl (C=O) groups is 1. The highest BCUT2D eigenvalue weighted by molar-refractivity contribution is 14.1. The molecule has 0 atom stereocenters. The van der Waals surface area contributed by atoms with Crippen molar-refractivity contribution in [2.75, 3.05) is 7.11 Å². The molecule has 0 aromatic heterocycles. The van der Waals surface area contributed by atoms with Crippen LogP contribution in [0.3, 0.4) is 0 Å². The summed E-state index contributed by atoms with van der Waals surface area (Å²) in [5.41, 5.74) is 5.65. The van der Waals surface area contributed by atoms with Gasteiger partial charge in [0.2, 0.25) is 0 Å². The molecule has 0 aliphatic carbocycles. The Labute approximate surface area is 94.8 Å². The van der Waals surface area contributed by atoms with Crippen LogP contribution in [0.5, 0.6) is 5.75 Å². The van der Waals surface area contributed by atoms with Crippen molar-refractivity contribution >= 4 is 28.5 Å². The van der Waals surface area contributed by atoms with Crippen LogP contribution >= 0.6 is 22.6 Å². The van der Waals surface area contributed by atoms with Gasteiger partial charge in [-0.25, -0.2) is 0 Å². The Morgan fingerprint density at radius 3 is 2.71 bits per heavy atom. The fourth-order valence-electron chi connectivity index (χ4n) is 1.05. The normalized spacial score (nSPS) is 9.21. The van der Waals surface area contributed by atoms with Crippen molar-refractivity contribution in [3.63, 3.8) is 0 Å². The fourth-order valence-corrected chi connectivity index (χ4v) is 2.01. The van der Waals surface area contributed by atoms with Gasteiger partial charge in [-0.3, -0.25) is 4.79 Å². The van der Waals surface area contributed by atoms with Crippen LogP contribution in [0.15, 0.2) is 12.1 Å². The summed E-state index contributed by atoms with van der Waals surface area (Å²) >= 11 is 1.93. The van der Waals surface area contributed by atoms with Crippen LogP contribution in [-0.2, 0) is 0 Å². The lowest BCUT2D eigenvalue weighted by atomic mass is 10.1. The maximum Gasteiger partial charge on any atom is 0.251 e. The molecule has 0 fully saturated rings. The van der Waals surface area contributed by atoms with E-state index >= 15 is 0 Å². The van der Waals surface area contributed by atoms with Crippen LogP contribution in [0.4, 0.5) is 0 Å². The predicted molar refractivity (Wildman–Crippen MR) is 58.9 cm³/mol. The molecular formula is C9H7IN2O2. The van der Waals surface area contributed by atoms with E-state index in [-0.39, 0.29) is 11.1 Å². The molecule has 0 heterocycles. The highest BCUT2D eigenvalue weighted by Crippen LogP contribution is 2.26. The van der Waals surface area contributed by atoms with Gasteiger partial charge < -0.3 is 10.5 Å². The molecule has 0 spiro atoms. The zero-order chi connectivity index (χ0) is 10.7. The quantitative estimate of drug-likeness (QED) is 0.836. The smallest absolute Gasteiger partial charge is 0.251 e. The Morgan fingerprint density at radius 1 is 1.64 bits per heavy atom. The highest BCUT2D eigenvalue weighted by atomic mass is 127. The van der Waals surface area contributed by atoms with Gasteiger partial charge in [-0.2, -0.15) is 5.26 Å². The number of halogens is 1. The maximum absolute atomic E-state index is 11.1. The van der Waals surface area contributed by atoms with Crippen LogP contribution < -0.4 is 10.5 Å². The number of hydrogen-bond donors (Lipinski definition) is 1. The minimum Gasteiger partial charge on any atom is -0.496 e. The monoisotopic (exact) mass is 302 g/mol. The van der Waals surface area contributed by atoms with Gasteiger partial charge in [0.1, 0.15) is 5.75 Å². The van der Waals surface area contributed by atoms with Crippen molar-refractivity contribution in [1.29, 1.82) is 5.26 Å². The van der Waals surface area contributed by atoms with Gasteiger partial charge in [-0.1, -0.05) is 0 Å². The van der Waals surface area contributed by atoms with E-state index in [0.29, 0.717) is 9.32 Å². The first-order valence-electron chi connectivity index (χ1n) is 3.68. The van der Waals surface area contributed by atoms with Crippen molar-refractivity contribution in [2.45, 2.75) is 0 Å². The lowest BCUT2D eigenvalue weighted by molar-refractivity contribution is 0.0999. The van der Waals surface area contributed by atoms with Gasteiger partial charge in [-0.15, -0.1) is 0 Å².